The fraction of sp³-hybridized carbons (Fsp3) is 0.920. The number of hydrogen-bond donors (Lipinski definition) is 0. The number of quaternary nitrogens is 1. The van der Waals surface area contributed by atoms with E-state index in [0.29, 0.717) is 17.4 Å². The van der Waals surface area contributed by atoms with Gasteiger partial charge in [0.2, 0.25) is 0 Å². The van der Waals surface area contributed by atoms with Gasteiger partial charge in [-0.25, -0.2) is 0 Å². The Bertz CT molecular complexity index is 1480. The first-order valence-corrected chi connectivity index (χ1v) is 39.0. The maximum Gasteiger partial charge on any atom is 0.306 e. The minimum atomic E-state index is -4.64. The maximum absolute atomic E-state index is 12.9. The van der Waals surface area contributed by atoms with E-state index in [2.05, 4.69) is 38.2 Å². The largest absolute Gasteiger partial charge is 0.756 e. The molecule has 10 heteroatoms. The van der Waals surface area contributed by atoms with Crippen LogP contribution in [0.3, 0.4) is 0 Å². The molecule has 0 aromatic carbocycles. The standard InChI is InChI=1S/C75H146NO8P/c1-6-8-10-12-14-16-18-20-22-24-26-28-30-32-33-34-35-36-37-38-39-40-41-42-44-45-47-49-51-53-55-57-59-61-63-65-67-74(77)81-71-73(72-83-85(79,80)82-70-69-76(3,4)5)84-75(78)68-66-64-62-60-58-56-54-52-50-48-46-43-31-29-27-25-23-21-19-17-15-13-11-9-7-2/h19,21,25,27,73H,6-18,20,22-24,26,28-72H2,1-5H3/b21-19-,27-25-. The van der Waals surface area contributed by atoms with Crippen molar-refractivity contribution in [1.29, 1.82) is 0 Å². The Balaban J connectivity index is 3.91. The van der Waals surface area contributed by atoms with Gasteiger partial charge in [-0.2, -0.15) is 0 Å². The third-order valence-corrected chi connectivity index (χ3v) is 18.2. The number of ether oxygens (including phenoxy) is 2. The molecule has 0 N–H and O–H groups in total. The minimum absolute atomic E-state index is 0.0277. The number of unbranched alkanes of at least 4 members (excludes halogenated alkanes) is 53. The van der Waals surface area contributed by atoms with Gasteiger partial charge in [-0.15, -0.1) is 0 Å². The average molecular weight is 1220 g/mol. The normalized spacial score (nSPS) is 13.2. The first-order valence-electron chi connectivity index (χ1n) is 37.5. The van der Waals surface area contributed by atoms with Gasteiger partial charge in [-0.05, 0) is 44.9 Å². The van der Waals surface area contributed by atoms with Crippen LogP contribution in [0.4, 0.5) is 0 Å². The summed E-state index contributed by atoms with van der Waals surface area (Å²) in [5.74, 6) is -0.811. The third-order valence-electron chi connectivity index (χ3n) is 17.2. The van der Waals surface area contributed by atoms with Crippen LogP contribution in [-0.4, -0.2) is 70.0 Å². The summed E-state index contributed by atoms with van der Waals surface area (Å²) in [6.45, 7) is 4.31. The summed E-state index contributed by atoms with van der Waals surface area (Å²) < 4.78 is 34.4. The van der Waals surface area contributed by atoms with Crippen molar-refractivity contribution in [1.82, 2.24) is 0 Å². The Morgan fingerprint density at radius 3 is 0.929 bits per heavy atom. The summed E-state index contributed by atoms with van der Waals surface area (Å²) in [6, 6.07) is 0. The van der Waals surface area contributed by atoms with Gasteiger partial charge >= 0.3 is 11.9 Å². The average Bonchev–Trinajstić information content (AvgIpc) is 3.54. The molecule has 0 rings (SSSR count). The maximum atomic E-state index is 12.9. The van der Waals surface area contributed by atoms with Crippen LogP contribution in [0, 0.1) is 0 Å². The third kappa shape index (κ3) is 71.4. The van der Waals surface area contributed by atoms with Crippen molar-refractivity contribution < 1.29 is 42.1 Å². The number of rotatable bonds is 71. The Hall–Kier alpha value is -1.51. The van der Waals surface area contributed by atoms with Gasteiger partial charge in [0.05, 0.1) is 27.7 Å². The molecule has 0 spiro atoms. The first-order chi connectivity index (χ1) is 41.5. The molecule has 0 radical (unpaired) electrons. The Morgan fingerprint density at radius 1 is 0.365 bits per heavy atom. The number of phosphoric ester groups is 1. The van der Waals surface area contributed by atoms with Gasteiger partial charge in [0.25, 0.3) is 7.82 Å². The lowest BCUT2D eigenvalue weighted by molar-refractivity contribution is -0.870. The zero-order chi connectivity index (χ0) is 61.9. The summed E-state index contributed by atoms with van der Waals surface area (Å²) in [4.78, 5) is 38.1. The Kier molecular flexibility index (Phi) is 65.7. The Morgan fingerprint density at radius 2 is 0.635 bits per heavy atom. The van der Waals surface area contributed by atoms with E-state index >= 15 is 0 Å². The van der Waals surface area contributed by atoms with Gasteiger partial charge in [0, 0.05) is 12.8 Å². The number of likely N-dealkylation sites (N-methyl/N-ethyl adjacent to an activating group) is 1. The van der Waals surface area contributed by atoms with Gasteiger partial charge < -0.3 is 27.9 Å². The summed E-state index contributed by atoms with van der Waals surface area (Å²) in [5, 5.41) is 0. The summed E-state index contributed by atoms with van der Waals surface area (Å²) in [6.07, 6.45) is 84.3. The number of allylic oxidation sites excluding steroid dienone is 4. The molecule has 504 valence electrons. The number of hydrogen-bond acceptors (Lipinski definition) is 8. The second kappa shape index (κ2) is 66.9. The van der Waals surface area contributed by atoms with E-state index in [0.717, 1.165) is 44.9 Å². The topological polar surface area (TPSA) is 111 Å². The summed E-state index contributed by atoms with van der Waals surface area (Å²) in [5.41, 5.74) is 0. The van der Waals surface area contributed by atoms with Crippen molar-refractivity contribution in [2.24, 2.45) is 0 Å². The molecule has 0 bridgehead atoms. The second-order valence-corrected chi connectivity index (χ2v) is 28.4. The molecule has 0 aliphatic carbocycles. The molecule has 0 fully saturated rings. The Labute approximate surface area is 529 Å². The van der Waals surface area contributed by atoms with Crippen LogP contribution in [0.2, 0.25) is 0 Å². The summed E-state index contributed by atoms with van der Waals surface area (Å²) in [7, 11) is 1.19. The van der Waals surface area contributed by atoms with E-state index < -0.39 is 26.5 Å². The highest BCUT2D eigenvalue weighted by molar-refractivity contribution is 7.45. The van der Waals surface area contributed by atoms with Crippen molar-refractivity contribution in [2.75, 3.05) is 47.5 Å². The van der Waals surface area contributed by atoms with Gasteiger partial charge in [0.15, 0.2) is 6.10 Å². The highest BCUT2D eigenvalue weighted by Crippen LogP contribution is 2.38. The molecule has 0 aromatic rings. The summed E-state index contributed by atoms with van der Waals surface area (Å²) >= 11 is 0. The first kappa shape index (κ1) is 83.5. The van der Waals surface area contributed by atoms with Crippen LogP contribution in [0.15, 0.2) is 24.3 Å². The molecule has 0 saturated carbocycles. The lowest BCUT2D eigenvalue weighted by Crippen LogP contribution is -2.37. The minimum Gasteiger partial charge on any atom is -0.756 e. The molecular weight excluding hydrogens is 1070 g/mol. The molecule has 0 aromatic heterocycles. The van der Waals surface area contributed by atoms with Crippen LogP contribution >= 0.6 is 7.82 Å². The fourth-order valence-corrected chi connectivity index (χ4v) is 12.2. The molecule has 2 unspecified atom stereocenters. The molecule has 0 saturated heterocycles. The lowest BCUT2D eigenvalue weighted by atomic mass is 10.0. The van der Waals surface area contributed by atoms with Crippen molar-refractivity contribution in [3.63, 3.8) is 0 Å². The smallest absolute Gasteiger partial charge is 0.306 e. The van der Waals surface area contributed by atoms with Crippen LogP contribution in [0.1, 0.15) is 393 Å². The molecule has 0 heterocycles. The molecule has 0 aliphatic heterocycles. The molecule has 9 nitrogen and oxygen atoms in total. The molecule has 2 atom stereocenters. The predicted molar refractivity (Wildman–Crippen MR) is 365 cm³/mol. The lowest BCUT2D eigenvalue weighted by Gasteiger charge is -2.28. The highest BCUT2D eigenvalue weighted by atomic mass is 31.2. The number of carbonyl (C=O) groups is 2. The quantitative estimate of drug-likeness (QED) is 0.0195. The molecule has 0 aliphatic rings. The van der Waals surface area contributed by atoms with E-state index in [4.69, 9.17) is 18.5 Å². The highest BCUT2D eigenvalue weighted by Gasteiger charge is 2.22. The molecule has 0 amide bonds. The number of carbonyl (C=O) groups excluding carboxylic acids is 2. The van der Waals surface area contributed by atoms with Crippen molar-refractivity contribution in [3.8, 4) is 0 Å². The molecular formula is C75H146NO8P. The van der Waals surface area contributed by atoms with E-state index in [1.165, 1.54) is 315 Å². The van der Waals surface area contributed by atoms with E-state index in [1.54, 1.807) is 0 Å². The van der Waals surface area contributed by atoms with Crippen LogP contribution in [0.25, 0.3) is 0 Å². The number of phosphoric acid groups is 1. The van der Waals surface area contributed by atoms with E-state index in [1.807, 2.05) is 21.1 Å². The predicted octanol–water partition coefficient (Wildman–Crippen LogP) is 23.8. The van der Waals surface area contributed by atoms with Crippen molar-refractivity contribution in [2.45, 2.75) is 399 Å². The SMILES string of the molecule is CCCCCCC/C=C\C/C=C\CCCCCCCCCCCCCCCC(=O)OC(COC(=O)CCCCCCCCCCCCCCCCCCCCCCCCCCCCCCCCCCCCCC)COP(=O)([O-])OCC[N+](C)(C)C. The monoisotopic (exact) mass is 1220 g/mol. The molecule has 85 heavy (non-hydrogen) atoms. The number of esters is 2. The van der Waals surface area contributed by atoms with Gasteiger partial charge in [-0.1, -0.05) is 359 Å². The van der Waals surface area contributed by atoms with E-state index in [-0.39, 0.29) is 32.0 Å². The zero-order valence-corrected chi connectivity index (χ0v) is 58.5. The van der Waals surface area contributed by atoms with Crippen LogP contribution in [0.5, 0.6) is 0 Å². The van der Waals surface area contributed by atoms with E-state index in [9.17, 15) is 19.0 Å². The number of nitrogens with zero attached hydrogens (tertiary/aromatic N) is 1. The van der Waals surface area contributed by atoms with Crippen molar-refractivity contribution in [3.05, 3.63) is 24.3 Å². The fourth-order valence-electron chi connectivity index (χ4n) is 11.5. The van der Waals surface area contributed by atoms with Crippen molar-refractivity contribution >= 4 is 19.8 Å². The van der Waals surface area contributed by atoms with Crippen LogP contribution in [-0.2, 0) is 32.7 Å². The van der Waals surface area contributed by atoms with Gasteiger partial charge in [-0.3, -0.25) is 14.2 Å². The second-order valence-electron chi connectivity index (χ2n) is 27.0. The van der Waals surface area contributed by atoms with Crippen LogP contribution < -0.4 is 4.89 Å². The zero-order valence-electron chi connectivity index (χ0n) is 57.6. The van der Waals surface area contributed by atoms with Gasteiger partial charge in [0.1, 0.15) is 19.8 Å².